The van der Waals surface area contributed by atoms with Gasteiger partial charge in [-0.15, -0.1) is 0 Å². The van der Waals surface area contributed by atoms with Crippen LogP contribution in [0.2, 0.25) is 0 Å². The van der Waals surface area contributed by atoms with Gasteiger partial charge in [0, 0.05) is 56.9 Å². The standard InChI is InChI=1S/C28H37N7O3/c1-28(2,3)38-27(37)34-13-12-19(17-34)18-10-11-23(29-15-18)31-26-30-16-20-14-22(25(36)33(4)5)35(24(20)32-26)21-8-6-7-9-21/h10-11,14-16,19,21H,6-9,12-13,17H2,1-5H3,(H,29,30,31,32). The molecule has 1 atom stereocenters. The molecule has 2 aliphatic rings. The van der Waals surface area contributed by atoms with Crippen molar-refractivity contribution < 1.29 is 14.3 Å². The van der Waals surface area contributed by atoms with E-state index in [1.807, 2.05) is 45.2 Å². The van der Waals surface area contributed by atoms with E-state index in [2.05, 4.69) is 19.9 Å². The highest BCUT2D eigenvalue weighted by Crippen LogP contribution is 2.35. The lowest BCUT2D eigenvalue weighted by Gasteiger charge is -2.24. The third kappa shape index (κ3) is 5.44. The fourth-order valence-corrected chi connectivity index (χ4v) is 5.35. The van der Waals surface area contributed by atoms with Gasteiger partial charge in [-0.3, -0.25) is 4.79 Å². The number of nitrogens with zero attached hydrogens (tertiary/aromatic N) is 6. The van der Waals surface area contributed by atoms with Gasteiger partial charge in [0.15, 0.2) is 0 Å². The molecule has 10 nitrogen and oxygen atoms in total. The summed E-state index contributed by atoms with van der Waals surface area (Å²) < 4.78 is 7.62. The van der Waals surface area contributed by atoms with Crippen LogP contribution in [0.5, 0.6) is 0 Å². The van der Waals surface area contributed by atoms with Gasteiger partial charge >= 0.3 is 6.09 Å². The van der Waals surface area contributed by atoms with Gasteiger partial charge in [0.2, 0.25) is 5.95 Å². The van der Waals surface area contributed by atoms with Crippen LogP contribution in [-0.2, 0) is 4.74 Å². The van der Waals surface area contributed by atoms with E-state index in [4.69, 9.17) is 9.72 Å². The summed E-state index contributed by atoms with van der Waals surface area (Å²) in [5.41, 5.74) is 2.00. The van der Waals surface area contributed by atoms with Crippen molar-refractivity contribution in [3.8, 4) is 0 Å². The van der Waals surface area contributed by atoms with E-state index in [0.29, 0.717) is 30.5 Å². The van der Waals surface area contributed by atoms with Gasteiger partial charge in [-0.1, -0.05) is 18.9 Å². The summed E-state index contributed by atoms with van der Waals surface area (Å²) in [7, 11) is 3.54. The zero-order valence-corrected chi connectivity index (χ0v) is 22.9. The number of rotatable bonds is 5. The fourth-order valence-electron chi connectivity index (χ4n) is 5.35. The average Bonchev–Trinajstić information content (AvgIpc) is 3.62. The SMILES string of the molecule is CN(C)C(=O)c1cc2cnc(Nc3ccc(C4CCN(C(=O)OC(C)(C)C)C4)cn3)nc2n1C1CCCC1. The maximum atomic E-state index is 12.9. The van der Waals surface area contributed by atoms with Crippen LogP contribution < -0.4 is 5.32 Å². The molecule has 3 aromatic rings. The Morgan fingerprint density at radius 1 is 1.08 bits per heavy atom. The van der Waals surface area contributed by atoms with Crippen molar-refractivity contribution in [2.75, 3.05) is 32.5 Å². The third-order valence-corrected chi connectivity index (χ3v) is 7.23. The molecule has 1 saturated carbocycles. The minimum absolute atomic E-state index is 0.0289. The van der Waals surface area contributed by atoms with Gasteiger partial charge < -0.3 is 24.4 Å². The van der Waals surface area contributed by atoms with Crippen LogP contribution >= 0.6 is 0 Å². The predicted molar refractivity (Wildman–Crippen MR) is 146 cm³/mol. The summed E-state index contributed by atoms with van der Waals surface area (Å²) >= 11 is 0. The molecule has 4 heterocycles. The number of amides is 2. The van der Waals surface area contributed by atoms with Crippen molar-refractivity contribution in [3.05, 3.63) is 41.9 Å². The number of nitrogens with one attached hydrogen (secondary N) is 1. The van der Waals surface area contributed by atoms with Crippen LogP contribution in [0.4, 0.5) is 16.6 Å². The topological polar surface area (TPSA) is 105 Å². The zero-order valence-electron chi connectivity index (χ0n) is 22.9. The molecule has 10 heteroatoms. The van der Waals surface area contributed by atoms with Crippen LogP contribution in [-0.4, -0.2) is 74.1 Å². The maximum Gasteiger partial charge on any atom is 0.410 e. The fraction of sp³-hybridized carbons (Fsp3) is 0.536. The van der Waals surface area contributed by atoms with Gasteiger partial charge in [-0.2, -0.15) is 4.98 Å². The van der Waals surface area contributed by atoms with Crippen molar-refractivity contribution in [2.24, 2.45) is 0 Å². The predicted octanol–water partition coefficient (Wildman–Crippen LogP) is 5.11. The molecule has 1 aliphatic heterocycles. The van der Waals surface area contributed by atoms with Crippen LogP contribution in [0.15, 0.2) is 30.6 Å². The largest absolute Gasteiger partial charge is 0.444 e. The summed E-state index contributed by atoms with van der Waals surface area (Å²) in [6.07, 6.45) is 8.61. The Hall–Kier alpha value is -3.69. The average molecular weight is 520 g/mol. The van der Waals surface area contributed by atoms with Crippen molar-refractivity contribution >= 4 is 34.8 Å². The molecule has 3 aromatic heterocycles. The molecule has 2 fully saturated rings. The van der Waals surface area contributed by atoms with E-state index in [1.54, 1.807) is 30.1 Å². The van der Waals surface area contributed by atoms with Crippen LogP contribution in [0.25, 0.3) is 11.0 Å². The lowest BCUT2D eigenvalue weighted by molar-refractivity contribution is 0.0292. The van der Waals surface area contributed by atoms with Gasteiger partial charge in [0.05, 0.1) is 0 Å². The summed E-state index contributed by atoms with van der Waals surface area (Å²) in [5, 5.41) is 4.07. The molecule has 0 spiro atoms. The molecule has 1 N–H and O–H groups in total. The Morgan fingerprint density at radius 3 is 2.50 bits per heavy atom. The molecule has 202 valence electrons. The van der Waals surface area contributed by atoms with Crippen molar-refractivity contribution in [3.63, 3.8) is 0 Å². The van der Waals surface area contributed by atoms with E-state index >= 15 is 0 Å². The minimum Gasteiger partial charge on any atom is -0.444 e. The number of likely N-dealkylation sites (tertiary alicyclic amines) is 1. The molecule has 5 rings (SSSR count). The van der Waals surface area contributed by atoms with E-state index in [9.17, 15) is 9.59 Å². The molecule has 38 heavy (non-hydrogen) atoms. The molecule has 0 radical (unpaired) electrons. The van der Waals surface area contributed by atoms with Crippen molar-refractivity contribution in [1.82, 2.24) is 29.3 Å². The normalized spacial score (nSPS) is 18.2. The molecule has 1 aliphatic carbocycles. The highest BCUT2D eigenvalue weighted by molar-refractivity contribution is 5.97. The second kappa shape index (κ2) is 10.2. The lowest BCUT2D eigenvalue weighted by atomic mass is 10.0. The smallest absolute Gasteiger partial charge is 0.410 e. The number of aromatic nitrogens is 4. The monoisotopic (exact) mass is 519 g/mol. The number of carbonyl (C=O) groups is 2. The van der Waals surface area contributed by atoms with E-state index in [0.717, 1.165) is 48.7 Å². The summed E-state index contributed by atoms with van der Waals surface area (Å²) in [4.78, 5) is 42.6. The number of ether oxygens (including phenoxy) is 1. The van der Waals surface area contributed by atoms with Gasteiger partial charge in [-0.25, -0.2) is 14.8 Å². The number of carbonyl (C=O) groups excluding carboxylic acids is 2. The Kier molecular flexibility index (Phi) is 6.98. The zero-order chi connectivity index (χ0) is 27.0. The molecular formula is C28H37N7O3. The molecular weight excluding hydrogens is 482 g/mol. The quantitative estimate of drug-likeness (QED) is 0.499. The minimum atomic E-state index is -0.503. The summed E-state index contributed by atoms with van der Waals surface area (Å²) in [5.74, 6) is 1.27. The second-order valence-electron chi connectivity index (χ2n) is 11.5. The summed E-state index contributed by atoms with van der Waals surface area (Å²) in [6.45, 7) is 6.93. The molecule has 0 bridgehead atoms. The highest BCUT2D eigenvalue weighted by atomic mass is 16.6. The second-order valence-corrected chi connectivity index (χ2v) is 11.5. The lowest BCUT2D eigenvalue weighted by Crippen LogP contribution is -2.35. The van der Waals surface area contributed by atoms with E-state index < -0.39 is 5.60 Å². The first-order valence-electron chi connectivity index (χ1n) is 13.4. The molecule has 1 unspecified atom stereocenters. The van der Waals surface area contributed by atoms with Gasteiger partial charge in [0.25, 0.3) is 5.91 Å². The number of fused-ring (bicyclic) bond motifs is 1. The highest BCUT2D eigenvalue weighted by Gasteiger charge is 2.31. The molecule has 0 aromatic carbocycles. The Bertz CT molecular complexity index is 1320. The van der Waals surface area contributed by atoms with E-state index in [-0.39, 0.29) is 24.0 Å². The number of hydrogen-bond donors (Lipinski definition) is 1. The van der Waals surface area contributed by atoms with E-state index in [1.165, 1.54) is 0 Å². The van der Waals surface area contributed by atoms with Crippen LogP contribution in [0, 0.1) is 0 Å². The first-order valence-corrected chi connectivity index (χ1v) is 13.4. The Labute approximate surface area is 223 Å². The first-order chi connectivity index (χ1) is 18.1. The molecule has 2 amide bonds. The summed E-state index contributed by atoms with van der Waals surface area (Å²) in [6, 6.07) is 6.11. The first kappa shape index (κ1) is 25.9. The van der Waals surface area contributed by atoms with Gasteiger partial charge in [0.1, 0.15) is 22.8 Å². The van der Waals surface area contributed by atoms with Gasteiger partial charge in [-0.05, 0) is 57.7 Å². The Balaban J connectivity index is 1.32. The third-order valence-electron chi connectivity index (χ3n) is 7.23. The Morgan fingerprint density at radius 2 is 1.84 bits per heavy atom. The maximum absolute atomic E-state index is 12.9. The number of hydrogen-bond acceptors (Lipinski definition) is 7. The van der Waals surface area contributed by atoms with Crippen molar-refractivity contribution in [2.45, 2.75) is 70.4 Å². The van der Waals surface area contributed by atoms with Crippen LogP contribution in [0.3, 0.4) is 0 Å². The van der Waals surface area contributed by atoms with Crippen molar-refractivity contribution in [1.29, 1.82) is 0 Å². The number of anilines is 2. The molecule has 1 saturated heterocycles. The van der Waals surface area contributed by atoms with Crippen LogP contribution in [0.1, 0.15) is 80.9 Å². The number of pyridine rings is 1.